The number of anilines is 2. The molecule has 4 aliphatic carbocycles. The van der Waals surface area contributed by atoms with Gasteiger partial charge in [-0.05, 0) is 107 Å². The van der Waals surface area contributed by atoms with Crippen LogP contribution in [0.25, 0.3) is 0 Å². The minimum absolute atomic E-state index is 0.110. The van der Waals surface area contributed by atoms with Crippen LogP contribution in [0.4, 0.5) is 11.4 Å². The summed E-state index contributed by atoms with van der Waals surface area (Å²) in [6.45, 7) is 8.36. The molecule has 1 atom stereocenters. The van der Waals surface area contributed by atoms with Crippen LogP contribution in [0.3, 0.4) is 0 Å². The monoisotopic (exact) mass is 420 g/mol. The van der Waals surface area contributed by atoms with Crippen molar-refractivity contribution in [2.24, 2.45) is 23.2 Å². The van der Waals surface area contributed by atoms with Gasteiger partial charge in [0, 0.05) is 36.7 Å². The lowest BCUT2D eigenvalue weighted by Crippen LogP contribution is -2.56. The number of nitrogens with zero attached hydrogens (tertiary/aromatic N) is 2. The fraction of sp³-hybridized carbons (Fsp3) is 0.615. The lowest BCUT2D eigenvalue weighted by molar-refractivity contribution is -0.122. The molecule has 1 unspecified atom stereocenters. The van der Waals surface area contributed by atoms with Crippen molar-refractivity contribution in [3.05, 3.63) is 36.0 Å². The number of hydrogen-bond donors (Lipinski definition) is 2. The second kappa shape index (κ2) is 8.94. The number of carbonyl (C=O) groups is 1. The van der Waals surface area contributed by atoms with Crippen LogP contribution in [-0.4, -0.2) is 25.0 Å². The van der Waals surface area contributed by atoms with Crippen LogP contribution in [0.2, 0.25) is 0 Å². The quantitative estimate of drug-likeness (QED) is 0.455. The molecule has 5 heteroatoms. The Kier molecular flexibility index (Phi) is 6.27. The fourth-order valence-electron chi connectivity index (χ4n) is 6.80. The first-order chi connectivity index (χ1) is 15.0. The average molecular weight is 421 g/mol. The van der Waals surface area contributed by atoms with Crippen LogP contribution < -0.4 is 15.5 Å². The van der Waals surface area contributed by atoms with Crippen LogP contribution in [0.5, 0.6) is 0 Å². The highest BCUT2D eigenvalue weighted by molar-refractivity contribution is 5.97. The second-order valence-corrected chi connectivity index (χ2v) is 10.0. The molecule has 2 N–H and O–H groups in total. The number of nitriles is 1. The van der Waals surface area contributed by atoms with Gasteiger partial charge in [0.15, 0.2) is 0 Å². The molecule has 0 aromatic heterocycles. The maximum atomic E-state index is 12.9. The molecule has 0 radical (unpaired) electrons. The maximum Gasteiger partial charge on any atom is 0.263 e. The molecular weight excluding hydrogens is 384 g/mol. The van der Waals surface area contributed by atoms with Crippen molar-refractivity contribution in [3.8, 4) is 6.07 Å². The summed E-state index contributed by atoms with van der Waals surface area (Å²) < 4.78 is 0. The van der Waals surface area contributed by atoms with Crippen LogP contribution >= 0.6 is 0 Å². The van der Waals surface area contributed by atoms with Gasteiger partial charge in [0.1, 0.15) is 11.6 Å². The zero-order chi connectivity index (χ0) is 22.0. The van der Waals surface area contributed by atoms with Gasteiger partial charge in [-0.3, -0.25) is 4.79 Å². The van der Waals surface area contributed by atoms with E-state index in [-0.39, 0.29) is 22.9 Å². The van der Waals surface area contributed by atoms with E-state index in [9.17, 15) is 10.1 Å². The zero-order valence-electron chi connectivity index (χ0n) is 19.2. The van der Waals surface area contributed by atoms with Crippen molar-refractivity contribution >= 4 is 17.3 Å². The van der Waals surface area contributed by atoms with Gasteiger partial charge < -0.3 is 15.5 Å². The summed E-state index contributed by atoms with van der Waals surface area (Å²) in [7, 11) is 0. The molecule has 1 amide bonds. The summed E-state index contributed by atoms with van der Waals surface area (Å²) in [6.07, 6.45) is 9.42. The number of rotatable bonds is 8. The number of carbonyl (C=O) groups excluding carboxylic acids is 1. The van der Waals surface area contributed by atoms with E-state index >= 15 is 0 Å². The highest BCUT2D eigenvalue weighted by Crippen LogP contribution is 2.61. The lowest BCUT2D eigenvalue weighted by atomic mass is 9.48. The molecule has 31 heavy (non-hydrogen) atoms. The van der Waals surface area contributed by atoms with Gasteiger partial charge in [-0.2, -0.15) is 5.26 Å². The van der Waals surface area contributed by atoms with Gasteiger partial charge in [-0.25, -0.2) is 0 Å². The number of amides is 1. The molecule has 1 aromatic rings. The first-order valence-corrected chi connectivity index (χ1v) is 12.0. The van der Waals surface area contributed by atoms with Crippen LogP contribution in [-0.2, 0) is 4.79 Å². The summed E-state index contributed by atoms with van der Waals surface area (Å²) >= 11 is 0. The molecule has 0 heterocycles. The smallest absolute Gasteiger partial charge is 0.263 e. The van der Waals surface area contributed by atoms with Crippen LogP contribution in [0, 0.1) is 34.5 Å². The molecular formula is C26H36N4O. The molecule has 5 nitrogen and oxygen atoms in total. The number of hydrogen-bond acceptors (Lipinski definition) is 4. The minimum Gasteiger partial charge on any atom is -0.372 e. The summed E-state index contributed by atoms with van der Waals surface area (Å²) in [4.78, 5) is 15.1. The van der Waals surface area contributed by atoms with Gasteiger partial charge in [0.25, 0.3) is 5.91 Å². The van der Waals surface area contributed by atoms with Crippen molar-refractivity contribution in [2.75, 3.05) is 23.3 Å². The normalized spacial score (nSPS) is 29.9. The molecule has 0 aliphatic heterocycles. The molecule has 0 saturated heterocycles. The highest BCUT2D eigenvalue weighted by Gasteiger charge is 2.53. The number of nitrogens with one attached hydrogen (secondary N) is 2. The summed E-state index contributed by atoms with van der Waals surface area (Å²) in [5, 5.41) is 15.9. The largest absolute Gasteiger partial charge is 0.372 e. The molecule has 4 saturated carbocycles. The van der Waals surface area contributed by atoms with Gasteiger partial charge >= 0.3 is 0 Å². The predicted octanol–water partition coefficient (Wildman–Crippen LogP) is 5.07. The Hall–Kier alpha value is -2.48. The van der Waals surface area contributed by atoms with Crippen LogP contribution in [0.15, 0.2) is 36.0 Å². The lowest BCUT2D eigenvalue weighted by Gasteiger charge is -2.59. The van der Waals surface area contributed by atoms with E-state index < -0.39 is 0 Å². The van der Waals surface area contributed by atoms with Crippen molar-refractivity contribution in [1.82, 2.24) is 5.32 Å². The summed E-state index contributed by atoms with van der Waals surface area (Å²) in [6, 6.07) is 10.3. The minimum atomic E-state index is -0.266. The van der Waals surface area contributed by atoms with E-state index in [1.165, 1.54) is 50.4 Å². The van der Waals surface area contributed by atoms with E-state index in [2.05, 4.69) is 54.5 Å². The Balaban J connectivity index is 1.38. The third kappa shape index (κ3) is 4.44. The molecule has 4 fully saturated rings. The first-order valence-electron chi connectivity index (χ1n) is 12.0. The maximum absolute atomic E-state index is 12.9. The molecule has 4 bridgehead atoms. The van der Waals surface area contributed by atoms with Crippen molar-refractivity contribution in [3.63, 3.8) is 0 Å². The Morgan fingerprint density at radius 1 is 1.13 bits per heavy atom. The topological polar surface area (TPSA) is 68.2 Å². The Labute approximate surface area is 186 Å². The Morgan fingerprint density at radius 3 is 2.16 bits per heavy atom. The predicted molar refractivity (Wildman–Crippen MR) is 126 cm³/mol. The molecule has 0 spiro atoms. The third-order valence-electron chi connectivity index (χ3n) is 8.10. The summed E-state index contributed by atoms with van der Waals surface area (Å²) in [5.74, 6) is 2.27. The van der Waals surface area contributed by atoms with Crippen molar-refractivity contribution in [1.29, 1.82) is 5.26 Å². The van der Waals surface area contributed by atoms with Crippen molar-refractivity contribution < 1.29 is 4.79 Å². The van der Waals surface area contributed by atoms with Crippen molar-refractivity contribution in [2.45, 2.75) is 65.3 Å². The zero-order valence-corrected chi connectivity index (χ0v) is 19.2. The average Bonchev–Trinajstić information content (AvgIpc) is 2.75. The van der Waals surface area contributed by atoms with Gasteiger partial charge in [0.05, 0.1) is 0 Å². The van der Waals surface area contributed by atoms with Gasteiger partial charge in [-0.1, -0.05) is 0 Å². The van der Waals surface area contributed by atoms with Gasteiger partial charge in [0.2, 0.25) is 0 Å². The van der Waals surface area contributed by atoms with E-state index in [1.54, 1.807) is 0 Å². The fourth-order valence-corrected chi connectivity index (χ4v) is 6.80. The molecule has 4 aliphatic rings. The Bertz CT molecular complexity index is 827. The molecule has 5 rings (SSSR count). The van der Waals surface area contributed by atoms with E-state index in [0.717, 1.165) is 36.5 Å². The molecule has 1 aromatic carbocycles. The SMILES string of the molecule is CCN(CC)c1ccc(N/C=C(/C#N)C(=O)NC(C)C23CC4CC(CC(C4)C2)C3)cc1. The van der Waals surface area contributed by atoms with Gasteiger partial charge in [-0.15, -0.1) is 0 Å². The second-order valence-electron chi connectivity index (χ2n) is 10.0. The third-order valence-corrected chi connectivity index (χ3v) is 8.10. The standard InChI is InChI=1S/C26H36N4O/c1-4-30(5-2)24-8-6-23(7-9-24)28-17-22(16-27)25(31)29-18(3)26-13-19-10-20(14-26)12-21(11-19)15-26/h6-9,17-21,28H,4-5,10-15H2,1-3H3,(H,29,31)/b22-17-. The van der Waals surface area contributed by atoms with E-state index in [4.69, 9.17) is 0 Å². The van der Waals surface area contributed by atoms with Crippen LogP contribution in [0.1, 0.15) is 59.3 Å². The molecule has 166 valence electrons. The highest BCUT2D eigenvalue weighted by atomic mass is 16.1. The van der Waals surface area contributed by atoms with E-state index in [1.807, 2.05) is 12.1 Å². The number of benzene rings is 1. The Morgan fingerprint density at radius 2 is 1.68 bits per heavy atom. The van der Waals surface area contributed by atoms with E-state index in [0.29, 0.717) is 0 Å². The summed E-state index contributed by atoms with van der Waals surface area (Å²) in [5.41, 5.74) is 2.40. The first kappa shape index (κ1) is 21.7.